The molecule has 1 aromatic carbocycles. The first kappa shape index (κ1) is 12.3. The summed E-state index contributed by atoms with van der Waals surface area (Å²) in [6.45, 7) is 0. The Morgan fingerprint density at radius 3 is 2.44 bits per heavy atom. The maximum Gasteiger partial charge on any atom is 0.307 e. The number of halogens is 1. The molecule has 0 atom stereocenters. The van der Waals surface area contributed by atoms with Gasteiger partial charge in [0.25, 0.3) is 0 Å². The van der Waals surface area contributed by atoms with Crippen LogP contribution in [0.2, 0.25) is 5.15 Å². The van der Waals surface area contributed by atoms with Crippen LogP contribution in [0.25, 0.3) is 0 Å². The van der Waals surface area contributed by atoms with Crippen LogP contribution in [0, 0.1) is 0 Å². The molecule has 0 aliphatic rings. The number of carboxylic acids is 1. The summed E-state index contributed by atoms with van der Waals surface area (Å²) in [5.41, 5.74) is 0.706. The average molecular weight is 265 g/mol. The first-order valence-corrected chi connectivity index (χ1v) is 5.49. The number of carbonyl (C=O) groups is 1. The Kier molecular flexibility index (Phi) is 3.74. The summed E-state index contributed by atoms with van der Waals surface area (Å²) in [6.07, 6.45) is -0.0129. The Morgan fingerprint density at radius 2 is 1.89 bits per heavy atom. The van der Waals surface area contributed by atoms with Crippen molar-refractivity contribution >= 4 is 17.6 Å². The molecule has 0 aliphatic heterocycles. The smallest absolute Gasteiger partial charge is 0.307 e. The van der Waals surface area contributed by atoms with Crippen molar-refractivity contribution in [3.05, 3.63) is 47.1 Å². The van der Waals surface area contributed by atoms with Gasteiger partial charge >= 0.3 is 5.97 Å². The number of hydrogen-bond donors (Lipinski definition) is 1. The molecule has 0 spiro atoms. The molecule has 0 saturated carbocycles. The summed E-state index contributed by atoms with van der Waals surface area (Å²) < 4.78 is 5.41. The molecular formula is C12H9ClN2O3. The lowest BCUT2D eigenvalue weighted by Crippen LogP contribution is -1.99. The molecule has 2 rings (SSSR count). The zero-order valence-electron chi connectivity index (χ0n) is 9.21. The van der Waals surface area contributed by atoms with Gasteiger partial charge in [0, 0.05) is 6.07 Å². The van der Waals surface area contributed by atoms with Crippen LogP contribution >= 0.6 is 11.6 Å². The van der Waals surface area contributed by atoms with Crippen molar-refractivity contribution in [2.45, 2.75) is 6.42 Å². The van der Waals surface area contributed by atoms with Crippen LogP contribution in [0.4, 0.5) is 0 Å². The number of ether oxygens (including phenoxy) is 1. The van der Waals surface area contributed by atoms with E-state index in [9.17, 15) is 4.79 Å². The monoisotopic (exact) mass is 264 g/mol. The quantitative estimate of drug-likeness (QED) is 0.919. The fourth-order valence-corrected chi connectivity index (χ4v) is 1.43. The third-order valence-corrected chi connectivity index (χ3v) is 2.31. The van der Waals surface area contributed by atoms with Gasteiger partial charge in [0.15, 0.2) is 5.15 Å². The van der Waals surface area contributed by atoms with Crippen molar-refractivity contribution in [3.63, 3.8) is 0 Å². The van der Waals surface area contributed by atoms with Crippen LogP contribution in [0.3, 0.4) is 0 Å². The molecule has 0 amide bonds. The molecule has 92 valence electrons. The topological polar surface area (TPSA) is 72.3 Å². The van der Waals surface area contributed by atoms with Gasteiger partial charge < -0.3 is 9.84 Å². The fourth-order valence-electron chi connectivity index (χ4n) is 1.33. The van der Waals surface area contributed by atoms with Crippen LogP contribution < -0.4 is 4.74 Å². The lowest BCUT2D eigenvalue weighted by molar-refractivity contribution is -0.136. The van der Waals surface area contributed by atoms with Gasteiger partial charge in [-0.2, -0.15) is 0 Å². The van der Waals surface area contributed by atoms with E-state index in [0.29, 0.717) is 22.3 Å². The van der Waals surface area contributed by atoms with E-state index < -0.39 is 5.97 Å². The Morgan fingerprint density at radius 1 is 1.17 bits per heavy atom. The minimum absolute atomic E-state index is 0.0129. The van der Waals surface area contributed by atoms with E-state index in [1.54, 1.807) is 36.4 Å². The predicted molar refractivity (Wildman–Crippen MR) is 64.9 cm³/mol. The molecule has 18 heavy (non-hydrogen) atoms. The molecule has 5 nitrogen and oxygen atoms in total. The highest BCUT2D eigenvalue weighted by atomic mass is 35.5. The van der Waals surface area contributed by atoms with Crippen molar-refractivity contribution in [1.82, 2.24) is 10.2 Å². The van der Waals surface area contributed by atoms with Crippen molar-refractivity contribution in [1.29, 1.82) is 0 Å². The maximum atomic E-state index is 10.5. The van der Waals surface area contributed by atoms with E-state index in [-0.39, 0.29) is 6.42 Å². The lowest BCUT2D eigenvalue weighted by atomic mass is 10.1. The van der Waals surface area contributed by atoms with E-state index in [1.165, 1.54) is 0 Å². The third kappa shape index (κ3) is 3.43. The van der Waals surface area contributed by atoms with E-state index in [0.717, 1.165) is 0 Å². The van der Waals surface area contributed by atoms with Gasteiger partial charge in [-0.25, -0.2) is 0 Å². The number of nitrogens with zero attached hydrogens (tertiary/aromatic N) is 2. The van der Waals surface area contributed by atoms with Gasteiger partial charge in [-0.1, -0.05) is 23.7 Å². The minimum Gasteiger partial charge on any atom is -0.481 e. The molecule has 1 N–H and O–H groups in total. The second-order valence-electron chi connectivity index (χ2n) is 3.51. The van der Waals surface area contributed by atoms with Gasteiger partial charge in [-0.3, -0.25) is 4.79 Å². The summed E-state index contributed by atoms with van der Waals surface area (Å²) in [4.78, 5) is 10.5. The number of hydrogen-bond acceptors (Lipinski definition) is 4. The molecule has 0 fully saturated rings. The van der Waals surface area contributed by atoms with Crippen molar-refractivity contribution in [2.24, 2.45) is 0 Å². The van der Waals surface area contributed by atoms with Crippen LogP contribution in [0.1, 0.15) is 5.56 Å². The molecule has 0 unspecified atom stereocenters. The van der Waals surface area contributed by atoms with Crippen molar-refractivity contribution in [2.75, 3.05) is 0 Å². The number of aromatic nitrogens is 2. The fraction of sp³-hybridized carbons (Fsp3) is 0.0833. The minimum atomic E-state index is -0.868. The number of carboxylic acid groups (broad SMARTS) is 1. The highest BCUT2D eigenvalue weighted by Gasteiger charge is 2.02. The number of benzene rings is 1. The van der Waals surface area contributed by atoms with Crippen LogP contribution in [0.15, 0.2) is 36.4 Å². The van der Waals surface area contributed by atoms with Crippen LogP contribution in [0.5, 0.6) is 11.6 Å². The van der Waals surface area contributed by atoms with E-state index in [1.807, 2.05) is 0 Å². The lowest BCUT2D eigenvalue weighted by Gasteiger charge is -2.04. The van der Waals surface area contributed by atoms with Gasteiger partial charge in [0.05, 0.1) is 6.42 Å². The summed E-state index contributed by atoms with van der Waals surface area (Å²) in [5, 5.41) is 16.3. The normalized spacial score (nSPS) is 10.1. The van der Waals surface area contributed by atoms with Gasteiger partial charge in [0.1, 0.15) is 5.75 Å². The largest absolute Gasteiger partial charge is 0.481 e. The molecule has 0 bridgehead atoms. The first-order chi connectivity index (χ1) is 8.63. The zero-order valence-corrected chi connectivity index (χ0v) is 9.96. The number of aliphatic carboxylic acids is 1. The summed E-state index contributed by atoms with van der Waals surface area (Å²) in [6, 6.07) is 9.89. The highest BCUT2D eigenvalue weighted by molar-refractivity contribution is 6.29. The molecule has 1 heterocycles. The van der Waals surface area contributed by atoms with E-state index in [2.05, 4.69) is 10.2 Å². The molecule has 1 aromatic heterocycles. The second kappa shape index (κ2) is 5.46. The Balaban J connectivity index is 2.06. The summed E-state index contributed by atoms with van der Waals surface area (Å²) in [5.74, 6) is 0.0124. The van der Waals surface area contributed by atoms with Gasteiger partial charge in [-0.05, 0) is 23.8 Å². The molecule has 0 radical (unpaired) electrons. The number of rotatable bonds is 4. The van der Waals surface area contributed by atoms with Crippen molar-refractivity contribution < 1.29 is 14.6 Å². The molecular weight excluding hydrogens is 256 g/mol. The summed E-state index contributed by atoms with van der Waals surface area (Å²) in [7, 11) is 0. The molecule has 0 saturated heterocycles. The van der Waals surface area contributed by atoms with Gasteiger partial charge in [0.2, 0.25) is 5.88 Å². The Bertz CT molecular complexity index is 540. The molecule has 2 aromatic rings. The average Bonchev–Trinajstić information content (AvgIpc) is 2.34. The predicted octanol–water partition coefficient (Wildman–Crippen LogP) is 2.55. The maximum absolute atomic E-state index is 10.5. The SMILES string of the molecule is O=C(O)Cc1ccc(Oc2ccc(Cl)nn2)cc1. The third-order valence-electron chi connectivity index (χ3n) is 2.11. The second-order valence-corrected chi connectivity index (χ2v) is 3.90. The molecule has 6 heteroatoms. The highest BCUT2D eigenvalue weighted by Crippen LogP contribution is 2.20. The standard InChI is InChI=1S/C12H9ClN2O3/c13-10-5-6-11(15-14-10)18-9-3-1-8(2-4-9)7-12(16)17/h1-6H,7H2,(H,16,17). The van der Waals surface area contributed by atoms with E-state index in [4.69, 9.17) is 21.4 Å². The van der Waals surface area contributed by atoms with Crippen LogP contribution in [-0.2, 0) is 11.2 Å². The van der Waals surface area contributed by atoms with Crippen molar-refractivity contribution in [3.8, 4) is 11.6 Å². The summed E-state index contributed by atoms with van der Waals surface area (Å²) >= 11 is 5.60. The first-order valence-electron chi connectivity index (χ1n) is 5.11. The van der Waals surface area contributed by atoms with Crippen LogP contribution in [-0.4, -0.2) is 21.3 Å². The Labute approximate surface area is 108 Å². The van der Waals surface area contributed by atoms with Gasteiger partial charge in [-0.15, -0.1) is 10.2 Å². The Hall–Kier alpha value is -2.14. The molecule has 0 aliphatic carbocycles. The van der Waals surface area contributed by atoms with E-state index >= 15 is 0 Å². The zero-order chi connectivity index (χ0) is 13.0.